The molecule has 0 aliphatic carbocycles. The number of aromatic nitrogens is 1. The number of oxazole rings is 1. The molecule has 1 fully saturated rings. The van der Waals surface area contributed by atoms with Gasteiger partial charge >= 0.3 is 0 Å². The van der Waals surface area contributed by atoms with E-state index in [0.717, 1.165) is 37.6 Å². The van der Waals surface area contributed by atoms with Gasteiger partial charge in [-0.1, -0.05) is 6.07 Å². The normalized spacial score (nSPS) is 15.3. The maximum atomic E-state index is 13.3. The third kappa shape index (κ3) is 3.70. The molecule has 2 heterocycles. The molecule has 0 saturated carbocycles. The zero-order valence-electron chi connectivity index (χ0n) is 14.3. The van der Waals surface area contributed by atoms with Crippen molar-refractivity contribution in [3.8, 4) is 17.2 Å². The third-order valence-electron chi connectivity index (χ3n) is 4.60. The number of aromatic hydroxyl groups is 1. The monoisotopic (exact) mass is 353 g/mol. The smallest absolute Gasteiger partial charge is 0.226 e. The van der Waals surface area contributed by atoms with Crippen LogP contribution in [-0.2, 0) is 6.54 Å². The first-order valence-electron chi connectivity index (χ1n) is 8.64. The zero-order valence-corrected chi connectivity index (χ0v) is 14.3. The molecule has 1 aliphatic heterocycles. The van der Waals surface area contributed by atoms with Gasteiger partial charge in [-0.15, -0.1) is 0 Å². The number of phenols is 1. The van der Waals surface area contributed by atoms with Crippen molar-refractivity contribution in [3.63, 3.8) is 0 Å². The minimum Gasteiger partial charge on any atom is -0.508 e. The second-order valence-electron chi connectivity index (χ2n) is 6.43. The van der Waals surface area contributed by atoms with Crippen molar-refractivity contribution in [2.24, 2.45) is 0 Å². The molecule has 0 bridgehead atoms. The summed E-state index contributed by atoms with van der Waals surface area (Å²) in [4.78, 5) is 9.11. The van der Waals surface area contributed by atoms with E-state index in [9.17, 15) is 9.50 Å². The van der Waals surface area contributed by atoms with Crippen molar-refractivity contribution in [2.75, 3.05) is 31.1 Å². The van der Waals surface area contributed by atoms with Crippen LogP contribution in [0.3, 0.4) is 0 Å². The Morgan fingerprint density at radius 3 is 2.54 bits per heavy atom. The van der Waals surface area contributed by atoms with Gasteiger partial charge < -0.3 is 14.4 Å². The number of phenolic OH excluding ortho intramolecular Hbond substituents is 1. The molecule has 6 heteroatoms. The molecule has 0 atom stereocenters. The highest BCUT2D eigenvalue weighted by atomic mass is 19.1. The van der Waals surface area contributed by atoms with Gasteiger partial charge in [0.1, 0.15) is 17.8 Å². The predicted octanol–water partition coefficient (Wildman–Crippen LogP) is 3.51. The Hall–Kier alpha value is -2.86. The number of rotatable bonds is 4. The summed E-state index contributed by atoms with van der Waals surface area (Å²) in [7, 11) is 0. The first-order chi connectivity index (χ1) is 12.7. The molecule has 1 N–H and O–H groups in total. The second-order valence-corrected chi connectivity index (χ2v) is 6.43. The van der Waals surface area contributed by atoms with E-state index >= 15 is 0 Å². The number of anilines is 1. The Labute approximate surface area is 151 Å². The quantitative estimate of drug-likeness (QED) is 0.778. The molecule has 4 rings (SSSR count). The van der Waals surface area contributed by atoms with Crippen LogP contribution < -0.4 is 4.90 Å². The SMILES string of the molecule is Oc1ccc(N2CCN(Cc3coc(-c4cccc(F)c4)n3)CC2)cc1. The Kier molecular flexibility index (Phi) is 4.58. The Morgan fingerprint density at radius 1 is 1.04 bits per heavy atom. The van der Waals surface area contributed by atoms with Gasteiger partial charge in [0.05, 0.1) is 5.69 Å². The molecule has 5 nitrogen and oxygen atoms in total. The lowest BCUT2D eigenvalue weighted by Crippen LogP contribution is -2.46. The number of benzene rings is 2. The van der Waals surface area contributed by atoms with Crippen LogP contribution in [0.25, 0.3) is 11.5 Å². The highest BCUT2D eigenvalue weighted by Crippen LogP contribution is 2.22. The van der Waals surface area contributed by atoms with Crippen molar-refractivity contribution in [2.45, 2.75) is 6.54 Å². The van der Waals surface area contributed by atoms with Gasteiger partial charge in [-0.2, -0.15) is 0 Å². The van der Waals surface area contributed by atoms with E-state index in [0.29, 0.717) is 18.0 Å². The molecule has 1 saturated heterocycles. The summed E-state index contributed by atoms with van der Waals surface area (Å²) in [5.74, 6) is 0.433. The molecule has 0 radical (unpaired) electrons. The van der Waals surface area contributed by atoms with Gasteiger partial charge in [0.15, 0.2) is 0 Å². The molecular weight excluding hydrogens is 333 g/mol. The molecule has 2 aromatic carbocycles. The number of halogens is 1. The van der Waals surface area contributed by atoms with Crippen LogP contribution in [0.5, 0.6) is 5.75 Å². The first kappa shape index (κ1) is 16.6. The fourth-order valence-corrected chi connectivity index (χ4v) is 3.19. The van der Waals surface area contributed by atoms with Crippen LogP contribution in [0, 0.1) is 5.82 Å². The first-order valence-corrected chi connectivity index (χ1v) is 8.64. The van der Waals surface area contributed by atoms with Gasteiger partial charge in [0.25, 0.3) is 0 Å². The summed E-state index contributed by atoms with van der Waals surface area (Å²) in [6.07, 6.45) is 1.65. The lowest BCUT2D eigenvalue weighted by Gasteiger charge is -2.35. The van der Waals surface area contributed by atoms with Crippen LogP contribution in [-0.4, -0.2) is 41.2 Å². The van der Waals surface area contributed by atoms with Gasteiger partial charge in [0, 0.05) is 44.0 Å². The van der Waals surface area contributed by atoms with Crippen molar-refractivity contribution >= 4 is 5.69 Å². The van der Waals surface area contributed by atoms with E-state index < -0.39 is 0 Å². The van der Waals surface area contributed by atoms with Crippen LogP contribution in [0.15, 0.2) is 59.2 Å². The number of piperazine rings is 1. The highest BCUT2D eigenvalue weighted by molar-refractivity contribution is 5.53. The van der Waals surface area contributed by atoms with Crippen molar-refractivity contribution in [3.05, 3.63) is 66.3 Å². The zero-order chi connectivity index (χ0) is 17.9. The predicted molar refractivity (Wildman–Crippen MR) is 97.5 cm³/mol. The Bertz CT molecular complexity index is 871. The minimum absolute atomic E-state index is 0.285. The topological polar surface area (TPSA) is 52.7 Å². The average molecular weight is 353 g/mol. The molecule has 1 aromatic heterocycles. The van der Waals surface area contributed by atoms with E-state index in [4.69, 9.17) is 4.42 Å². The van der Waals surface area contributed by atoms with E-state index in [2.05, 4.69) is 14.8 Å². The fourth-order valence-electron chi connectivity index (χ4n) is 3.19. The van der Waals surface area contributed by atoms with Crippen LogP contribution in [0.2, 0.25) is 0 Å². The van der Waals surface area contributed by atoms with Crippen LogP contribution in [0.1, 0.15) is 5.69 Å². The lowest BCUT2D eigenvalue weighted by atomic mass is 10.2. The molecule has 0 spiro atoms. The lowest BCUT2D eigenvalue weighted by molar-refractivity contribution is 0.247. The van der Waals surface area contributed by atoms with Gasteiger partial charge in [-0.05, 0) is 42.5 Å². The summed E-state index contributed by atoms with van der Waals surface area (Å²) in [5, 5.41) is 9.40. The van der Waals surface area contributed by atoms with Crippen molar-refractivity contribution < 1.29 is 13.9 Å². The highest BCUT2D eigenvalue weighted by Gasteiger charge is 2.19. The minimum atomic E-state index is -0.299. The van der Waals surface area contributed by atoms with E-state index in [1.165, 1.54) is 12.1 Å². The van der Waals surface area contributed by atoms with Crippen LogP contribution in [0.4, 0.5) is 10.1 Å². The standard InChI is InChI=1S/C20H20FN3O2/c21-16-3-1-2-15(12-16)20-22-17(14-26-20)13-23-8-10-24(11-9-23)18-4-6-19(25)7-5-18/h1-7,12,14,25H,8-11,13H2. The molecule has 3 aromatic rings. The molecule has 26 heavy (non-hydrogen) atoms. The van der Waals surface area contributed by atoms with E-state index in [1.54, 1.807) is 30.5 Å². The third-order valence-corrected chi connectivity index (χ3v) is 4.60. The summed E-state index contributed by atoms with van der Waals surface area (Å²) in [6, 6.07) is 13.6. The molecule has 1 aliphatic rings. The van der Waals surface area contributed by atoms with Crippen molar-refractivity contribution in [1.29, 1.82) is 0 Å². The largest absolute Gasteiger partial charge is 0.508 e. The Balaban J connectivity index is 1.35. The van der Waals surface area contributed by atoms with E-state index in [-0.39, 0.29) is 11.6 Å². The summed E-state index contributed by atoms with van der Waals surface area (Å²) < 4.78 is 18.8. The van der Waals surface area contributed by atoms with Gasteiger partial charge in [-0.3, -0.25) is 4.90 Å². The summed E-state index contributed by atoms with van der Waals surface area (Å²) >= 11 is 0. The van der Waals surface area contributed by atoms with Crippen molar-refractivity contribution in [1.82, 2.24) is 9.88 Å². The maximum absolute atomic E-state index is 13.3. The van der Waals surface area contributed by atoms with Gasteiger partial charge in [-0.25, -0.2) is 9.37 Å². The van der Waals surface area contributed by atoms with Gasteiger partial charge in [0.2, 0.25) is 5.89 Å². The number of nitrogens with zero attached hydrogens (tertiary/aromatic N) is 3. The van der Waals surface area contributed by atoms with E-state index in [1.807, 2.05) is 12.1 Å². The Morgan fingerprint density at radius 2 is 1.81 bits per heavy atom. The molecule has 134 valence electrons. The molecular formula is C20H20FN3O2. The maximum Gasteiger partial charge on any atom is 0.226 e. The number of hydrogen-bond donors (Lipinski definition) is 1. The fraction of sp³-hybridized carbons (Fsp3) is 0.250. The average Bonchev–Trinajstić information content (AvgIpc) is 3.12. The van der Waals surface area contributed by atoms with Crippen LogP contribution >= 0.6 is 0 Å². The second kappa shape index (κ2) is 7.17. The number of hydrogen-bond acceptors (Lipinski definition) is 5. The summed E-state index contributed by atoms with van der Waals surface area (Å²) in [6.45, 7) is 4.38. The summed E-state index contributed by atoms with van der Waals surface area (Å²) in [5.41, 5.74) is 2.62. The molecule has 0 unspecified atom stereocenters. The molecule has 0 amide bonds.